The molecule has 0 bridgehead atoms. The van der Waals surface area contributed by atoms with Gasteiger partial charge in [0.1, 0.15) is 25.6 Å². The van der Waals surface area contributed by atoms with Crippen LogP contribution in [0.15, 0.2) is 48.0 Å². The van der Waals surface area contributed by atoms with Gasteiger partial charge in [0.05, 0.1) is 6.61 Å². The number of amides is 1. The Hall–Kier alpha value is -3.53. The van der Waals surface area contributed by atoms with E-state index in [0.29, 0.717) is 41.2 Å². The summed E-state index contributed by atoms with van der Waals surface area (Å²) in [6, 6.07) is 12.9. The summed E-state index contributed by atoms with van der Waals surface area (Å²) in [5.74, 6) is 0.689. The number of hydrogen-bond acceptors (Lipinski definition) is 6. The summed E-state index contributed by atoms with van der Waals surface area (Å²) in [6.45, 7) is 2.38. The molecule has 1 heterocycles. The van der Waals surface area contributed by atoms with Gasteiger partial charge < -0.3 is 25.2 Å². The van der Waals surface area contributed by atoms with Crippen molar-refractivity contribution in [3.63, 3.8) is 0 Å². The van der Waals surface area contributed by atoms with Crippen LogP contribution >= 0.6 is 0 Å². The van der Waals surface area contributed by atoms with E-state index >= 15 is 0 Å². The van der Waals surface area contributed by atoms with E-state index in [1.807, 2.05) is 37.3 Å². The Morgan fingerprint density at radius 2 is 1.78 bits per heavy atom. The Bertz CT molecular complexity index is 1050. The number of nitrogens with two attached hydrogens (primary N) is 1. The summed E-state index contributed by atoms with van der Waals surface area (Å²) in [5.41, 5.74) is 10.3. The van der Waals surface area contributed by atoms with E-state index in [9.17, 15) is 18.0 Å². The number of carbonyl (C=O) groups is 1. The van der Waals surface area contributed by atoms with Crippen LogP contribution in [-0.2, 0) is 4.74 Å². The highest BCUT2D eigenvalue weighted by molar-refractivity contribution is 6.00. The molecule has 1 fully saturated rings. The first-order valence-corrected chi connectivity index (χ1v) is 11.4. The Balaban J connectivity index is 0.00000145. The fraction of sp³-hybridized carbons (Fsp3) is 0.385. The van der Waals surface area contributed by atoms with Gasteiger partial charge in [-0.05, 0) is 49.2 Å². The number of rotatable bonds is 9. The monoisotopic (exact) mass is 507 g/mol. The van der Waals surface area contributed by atoms with Crippen LogP contribution < -0.4 is 10.5 Å². The maximum absolute atomic E-state index is 13.0. The fourth-order valence-electron chi connectivity index (χ4n) is 3.66. The van der Waals surface area contributed by atoms with E-state index in [1.54, 1.807) is 24.0 Å². The van der Waals surface area contributed by atoms with Gasteiger partial charge in [0.15, 0.2) is 0 Å². The summed E-state index contributed by atoms with van der Waals surface area (Å²) in [4.78, 5) is 14.8. The first kappa shape index (κ1) is 28.7. The zero-order valence-electron chi connectivity index (χ0n) is 20.4. The van der Waals surface area contributed by atoms with Gasteiger partial charge in [-0.3, -0.25) is 10.2 Å². The van der Waals surface area contributed by atoms with Crippen molar-refractivity contribution in [1.29, 1.82) is 5.41 Å². The predicted molar refractivity (Wildman–Crippen MR) is 132 cm³/mol. The van der Waals surface area contributed by atoms with E-state index in [4.69, 9.17) is 25.7 Å². The van der Waals surface area contributed by atoms with Crippen LogP contribution in [-0.4, -0.2) is 68.3 Å². The van der Waals surface area contributed by atoms with Crippen LogP contribution in [0.2, 0.25) is 0 Å². The van der Waals surface area contributed by atoms with E-state index < -0.39 is 13.6 Å². The maximum atomic E-state index is 13.0. The molecule has 1 amide bonds. The maximum Gasteiger partial charge on any atom is 0.253 e. The Morgan fingerprint density at radius 1 is 1.14 bits per heavy atom. The highest BCUT2D eigenvalue weighted by Crippen LogP contribution is 2.30. The molecular formula is C26H32F3N3O4. The third-order valence-corrected chi connectivity index (χ3v) is 5.72. The van der Waals surface area contributed by atoms with E-state index in [2.05, 4.69) is 0 Å². The number of aliphatic hydroxyl groups excluding tert-OH is 1. The van der Waals surface area contributed by atoms with E-state index in [1.165, 1.54) is 0 Å². The van der Waals surface area contributed by atoms with Crippen molar-refractivity contribution in [1.82, 2.24) is 4.90 Å². The Kier molecular flexibility index (Phi) is 11.3. The molecule has 4 N–H and O–H groups in total. The topological polar surface area (TPSA) is 109 Å². The predicted octanol–water partition coefficient (Wildman–Crippen LogP) is 4.14. The van der Waals surface area contributed by atoms with Gasteiger partial charge in [-0.2, -0.15) is 0 Å². The lowest BCUT2D eigenvalue weighted by Gasteiger charge is -2.39. The number of hydrogen-bond donors (Lipinski definition) is 3. The number of benzene rings is 2. The summed E-state index contributed by atoms with van der Waals surface area (Å²) in [5, 5.41) is 16.9. The number of likely N-dealkylation sites (tertiary alicyclic amines) is 1. The average molecular weight is 508 g/mol. The second-order valence-electron chi connectivity index (χ2n) is 8.08. The SMILES string of the molecule is C/C(C(=N)OCCO)=C(/N)c1cc(C(=O)N2CC(c3ccc(OCCF)cc3)C2)ccc1C.FCF. The molecule has 36 heavy (non-hydrogen) atoms. The number of halogens is 3. The van der Waals surface area contributed by atoms with Gasteiger partial charge in [0.2, 0.25) is 12.8 Å². The summed E-state index contributed by atoms with van der Waals surface area (Å²) in [7, 11) is 0. The highest BCUT2D eigenvalue weighted by Gasteiger charge is 2.32. The van der Waals surface area contributed by atoms with Crippen molar-refractivity contribution in [2.75, 3.05) is 46.5 Å². The zero-order chi connectivity index (χ0) is 26.7. The minimum Gasteiger partial charge on any atom is -0.491 e. The highest BCUT2D eigenvalue weighted by atomic mass is 19.3. The standard InChI is InChI=1S/C25H30FN3O4.CH2F2/c1-16-3-4-19(13-22(16)23(27)17(2)24(28)33-12-10-30)25(31)29-14-20(15-29)18-5-7-21(8-6-18)32-11-9-26;2-1-3/h3-8,13,20,28,30H,9-12,14-15,27H2,1-2H3;1H2/b23-17-,28-24?;. The van der Waals surface area contributed by atoms with Gasteiger partial charge in [-0.25, -0.2) is 13.2 Å². The summed E-state index contributed by atoms with van der Waals surface area (Å²) < 4.78 is 41.9. The van der Waals surface area contributed by atoms with Crippen LogP contribution in [0.5, 0.6) is 5.75 Å². The van der Waals surface area contributed by atoms with Crippen LogP contribution in [0.25, 0.3) is 5.70 Å². The molecule has 1 saturated heterocycles. The van der Waals surface area contributed by atoms with Crippen LogP contribution in [0.3, 0.4) is 0 Å². The number of aliphatic hydroxyl groups is 1. The Labute approximate surface area is 208 Å². The minimum atomic E-state index is -1.75. The van der Waals surface area contributed by atoms with E-state index in [-0.39, 0.29) is 37.5 Å². The average Bonchev–Trinajstić information content (AvgIpc) is 2.85. The van der Waals surface area contributed by atoms with Gasteiger partial charge in [-0.15, -0.1) is 0 Å². The lowest BCUT2D eigenvalue weighted by atomic mass is 9.90. The van der Waals surface area contributed by atoms with E-state index in [0.717, 1.165) is 11.1 Å². The van der Waals surface area contributed by atoms with Crippen LogP contribution in [0, 0.1) is 12.3 Å². The largest absolute Gasteiger partial charge is 0.491 e. The Morgan fingerprint density at radius 3 is 2.36 bits per heavy atom. The molecule has 0 aromatic heterocycles. The normalized spacial score (nSPS) is 13.7. The fourth-order valence-corrected chi connectivity index (χ4v) is 3.66. The quantitative estimate of drug-likeness (QED) is 0.349. The third-order valence-electron chi connectivity index (χ3n) is 5.72. The smallest absolute Gasteiger partial charge is 0.253 e. The molecule has 1 aliphatic heterocycles. The molecule has 1 aliphatic rings. The molecule has 10 heteroatoms. The lowest BCUT2D eigenvalue weighted by molar-refractivity contribution is 0.0602. The van der Waals surface area contributed by atoms with Crippen molar-refractivity contribution in [2.24, 2.45) is 5.73 Å². The van der Waals surface area contributed by atoms with Crippen molar-refractivity contribution < 1.29 is 32.5 Å². The number of carbonyl (C=O) groups excluding carboxylic acids is 1. The van der Waals surface area contributed by atoms with Gasteiger partial charge in [-0.1, -0.05) is 18.2 Å². The molecule has 196 valence electrons. The van der Waals surface area contributed by atoms with Crippen molar-refractivity contribution >= 4 is 17.5 Å². The number of nitrogens with one attached hydrogen (secondary N) is 1. The molecule has 0 radical (unpaired) electrons. The first-order chi connectivity index (χ1) is 17.3. The van der Waals surface area contributed by atoms with Crippen molar-refractivity contribution in [2.45, 2.75) is 19.8 Å². The van der Waals surface area contributed by atoms with Gasteiger partial charge in [0, 0.05) is 41.4 Å². The van der Waals surface area contributed by atoms with Crippen LogP contribution in [0.1, 0.15) is 39.9 Å². The second-order valence-corrected chi connectivity index (χ2v) is 8.08. The molecule has 0 saturated carbocycles. The number of ether oxygens (including phenoxy) is 2. The van der Waals surface area contributed by atoms with Crippen molar-refractivity contribution in [3.8, 4) is 5.75 Å². The molecule has 3 rings (SSSR count). The number of alkyl halides is 3. The molecule has 2 aromatic rings. The molecule has 7 nitrogen and oxygen atoms in total. The second kappa shape index (κ2) is 14.1. The van der Waals surface area contributed by atoms with Gasteiger partial charge in [0.25, 0.3) is 5.91 Å². The molecule has 2 aromatic carbocycles. The summed E-state index contributed by atoms with van der Waals surface area (Å²) >= 11 is 0. The van der Waals surface area contributed by atoms with Gasteiger partial charge >= 0.3 is 0 Å². The molecule has 0 spiro atoms. The number of nitrogens with zero attached hydrogens (tertiary/aromatic N) is 1. The molecule has 0 atom stereocenters. The minimum absolute atomic E-state index is 0.0183. The first-order valence-electron chi connectivity index (χ1n) is 11.4. The molecule has 0 aliphatic carbocycles. The van der Waals surface area contributed by atoms with Crippen molar-refractivity contribution in [3.05, 3.63) is 70.3 Å². The zero-order valence-corrected chi connectivity index (χ0v) is 20.4. The lowest BCUT2D eigenvalue weighted by Crippen LogP contribution is -2.48. The third kappa shape index (κ3) is 7.48. The summed E-state index contributed by atoms with van der Waals surface area (Å²) in [6.07, 6.45) is 0. The molecular weight excluding hydrogens is 475 g/mol. The van der Waals surface area contributed by atoms with Crippen LogP contribution in [0.4, 0.5) is 13.2 Å². The molecule has 0 unspecified atom stereocenters. The number of aryl methyl sites for hydroxylation is 1.